The fraction of sp³-hybridized carbons (Fsp3) is 0.0303. The number of nitrogens with zero attached hydrogens (tertiary/aromatic N) is 6. The van der Waals surface area contributed by atoms with Crippen LogP contribution in [0.2, 0.25) is 0 Å². The van der Waals surface area contributed by atoms with Crippen molar-refractivity contribution in [2.75, 3.05) is 7.11 Å². The highest BCUT2D eigenvalue weighted by atomic mass is 16.5. The lowest BCUT2D eigenvalue weighted by Crippen LogP contribution is -2.01. The van der Waals surface area contributed by atoms with E-state index in [1.54, 1.807) is 49.3 Å². The van der Waals surface area contributed by atoms with Crippen LogP contribution in [0.1, 0.15) is 20.7 Å². The highest BCUT2D eigenvalue weighted by molar-refractivity contribution is 6.09. The Balaban J connectivity index is 0.000000145. The fourth-order valence-electron chi connectivity index (χ4n) is 5.04. The third kappa shape index (κ3) is 5.16. The predicted molar refractivity (Wildman–Crippen MR) is 168 cm³/mol. The summed E-state index contributed by atoms with van der Waals surface area (Å²) in [7, 11) is 1.35. The van der Waals surface area contributed by atoms with E-state index in [1.807, 2.05) is 36.4 Å². The molecule has 0 atom stereocenters. The first-order chi connectivity index (χ1) is 22.0. The van der Waals surface area contributed by atoms with E-state index >= 15 is 0 Å². The van der Waals surface area contributed by atoms with Gasteiger partial charge >= 0.3 is 11.9 Å². The van der Waals surface area contributed by atoms with Gasteiger partial charge in [0, 0.05) is 69.9 Å². The van der Waals surface area contributed by atoms with Gasteiger partial charge in [-0.15, -0.1) is 0 Å². The largest absolute Gasteiger partial charge is 0.478 e. The van der Waals surface area contributed by atoms with Crippen molar-refractivity contribution in [1.82, 2.24) is 39.9 Å². The SMILES string of the molecule is COC(=O)c1cnc2[nH]c3cnc(-c4cccnc4)cc3c2c1.O=C(O)c1cnc2[nH]c3cnc(-c4cccnc4)cc3c2c1. The van der Waals surface area contributed by atoms with Crippen LogP contribution in [0.25, 0.3) is 66.4 Å². The molecule has 0 amide bonds. The number of carboxylic acids is 1. The van der Waals surface area contributed by atoms with Crippen molar-refractivity contribution >= 4 is 55.8 Å². The molecule has 0 aromatic carbocycles. The molecule has 0 bridgehead atoms. The summed E-state index contributed by atoms with van der Waals surface area (Å²) in [6, 6.07) is 14.9. The average Bonchev–Trinajstić information content (AvgIpc) is 3.65. The average molecular weight is 595 g/mol. The zero-order chi connectivity index (χ0) is 30.9. The van der Waals surface area contributed by atoms with Gasteiger partial charge in [-0.1, -0.05) is 0 Å². The Kier molecular flexibility index (Phi) is 6.83. The Morgan fingerprint density at radius 2 is 1.16 bits per heavy atom. The van der Waals surface area contributed by atoms with Crippen molar-refractivity contribution in [3.63, 3.8) is 0 Å². The van der Waals surface area contributed by atoms with E-state index in [1.165, 1.54) is 19.5 Å². The van der Waals surface area contributed by atoms with Gasteiger partial charge in [0.25, 0.3) is 0 Å². The minimum Gasteiger partial charge on any atom is -0.478 e. The molecule has 0 saturated carbocycles. The van der Waals surface area contributed by atoms with Gasteiger partial charge in [0.2, 0.25) is 0 Å². The molecule has 8 heterocycles. The van der Waals surface area contributed by atoms with Crippen LogP contribution >= 0.6 is 0 Å². The molecule has 0 aliphatic carbocycles. The van der Waals surface area contributed by atoms with E-state index in [4.69, 9.17) is 9.84 Å². The maximum atomic E-state index is 11.7. The van der Waals surface area contributed by atoms with Gasteiger partial charge in [0.1, 0.15) is 11.3 Å². The lowest BCUT2D eigenvalue weighted by Gasteiger charge is -2.01. The second-order valence-corrected chi connectivity index (χ2v) is 10.0. The summed E-state index contributed by atoms with van der Waals surface area (Å²) in [5, 5.41) is 12.6. The quantitative estimate of drug-likeness (QED) is 0.210. The number of fused-ring (bicyclic) bond motifs is 6. The van der Waals surface area contributed by atoms with Gasteiger partial charge in [-0.05, 0) is 48.5 Å². The van der Waals surface area contributed by atoms with Crippen molar-refractivity contribution in [3.05, 3.63) is 109 Å². The molecule has 0 aliphatic heterocycles. The van der Waals surface area contributed by atoms with Gasteiger partial charge in [-0.3, -0.25) is 19.9 Å². The second-order valence-electron chi connectivity index (χ2n) is 10.0. The zero-order valence-corrected chi connectivity index (χ0v) is 23.6. The summed E-state index contributed by atoms with van der Waals surface area (Å²) in [4.78, 5) is 54.7. The minimum absolute atomic E-state index is 0.160. The smallest absolute Gasteiger partial charge is 0.339 e. The monoisotopic (exact) mass is 594 g/mol. The minimum atomic E-state index is -0.995. The van der Waals surface area contributed by atoms with E-state index in [0.29, 0.717) is 16.9 Å². The molecular formula is C33H22N8O4. The number of aromatic nitrogens is 8. The molecule has 0 saturated heterocycles. The maximum Gasteiger partial charge on any atom is 0.339 e. The number of rotatable bonds is 4. The fourth-order valence-corrected chi connectivity index (χ4v) is 5.04. The summed E-state index contributed by atoms with van der Waals surface area (Å²) in [5.74, 6) is -1.40. The number of hydrogen-bond donors (Lipinski definition) is 3. The Labute approximate surface area is 253 Å². The molecule has 12 heteroatoms. The lowest BCUT2D eigenvalue weighted by molar-refractivity contribution is 0.0599. The summed E-state index contributed by atoms with van der Waals surface area (Å²) < 4.78 is 4.76. The van der Waals surface area contributed by atoms with Crippen LogP contribution < -0.4 is 0 Å². The van der Waals surface area contributed by atoms with Gasteiger partial charge < -0.3 is 19.8 Å². The first-order valence-electron chi connectivity index (χ1n) is 13.7. The Morgan fingerprint density at radius 1 is 0.644 bits per heavy atom. The van der Waals surface area contributed by atoms with E-state index in [9.17, 15) is 9.59 Å². The molecular weight excluding hydrogens is 572 g/mol. The lowest BCUT2D eigenvalue weighted by atomic mass is 10.1. The molecule has 12 nitrogen and oxygen atoms in total. The Morgan fingerprint density at radius 3 is 1.62 bits per heavy atom. The van der Waals surface area contributed by atoms with Crippen LogP contribution in [-0.2, 0) is 4.74 Å². The third-order valence-corrected chi connectivity index (χ3v) is 7.25. The van der Waals surface area contributed by atoms with Gasteiger partial charge in [-0.25, -0.2) is 19.6 Å². The predicted octanol–water partition coefficient (Wildman–Crippen LogP) is 5.83. The number of hydrogen-bond acceptors (Lipinski definition) is 9. The highest BCUT2D eigenvalue weighted by Crippen LogP contribution is 2.29. The molecule has 0 spiro atoms. The summed E-state index contributed by atoms with van der Waals surface area (Å²) in [6.45, 7) is 0. The Bertz CT molecular complexity index is 2370. The first kappa shape index (κ1) is 27.3. The number of aromatic carboxylic acids is 1. The molecule has 8 rings (SSSR count). The molecule has 45 heavy (non-hydrogen) atoms. The number of carbonyl (C=O) groups is 2. The highest BCUT2D eigenvalue weighted by Gasteiger charge is 2.13. The van der Waals surface area contributed by atoms with E-state index < -0.39 is 11.9 Å². The van der Waals surface area contributed by atoms with Crippen molar-refractivity contribution in [2.45, 2.75) is 0 Å². The molecule has 8 aromatic heterocycles. The standard InChI is InChI=1S/C17H12N4O2.C16H10N4O2/c1-23-17(22)11-5-13-12-6-14(10-3-2-4-18-7-10)19-9-15(12)21-16(13)20-8-11;21-16(22)10-4-12-11-5-13(9-2-1-3-17-6-9)18-8-14(11)20-15(12)19-7-10/h2-9H,1H3,(H,20,21);1-8H,(H,19,20)(H,21,22). The summed E-state index contributed by atoms with van der Waals surface area (Å²) >= 11 is 0. The second kappa shape index (κ2) is 11.3. The first-order valence-corrected chi connectivity index (χ1v) is 13.7. The molecule has 8 aromatic rings. The van der Waals surface area contributed by atoms with Crippen LogP contribution in [0, 0.1) is 0 Å². The summed E-state index contributed by atoms with van der Waals surface area (Å²) in [6.07, 6.45) is 13.3. The number of ether oxygens (including phenoxy) is 1. The molecule has 0 aliphatic rings. The van der Waals surface area contributed by atoms with Crippen LogP contribution in [0.3, 0.4) is 0 Å². The van der Waals surface area contributed by atoms with Crippen molar-refractivity contribution in [2.24, 2.45) is 0 Å². The van der Waals surface area contributed by atoms with E-state index in [0.717, 1.165) is 55.1 Å². The molecule has 0 radical (unpaired) electrons. The molecule has 0 fully saturated rings. The summed E-state index contributed by atoms with van der Waals surface area (Å²) in [5.41, 5.74) is 7.04. The molecule has 0 unspecified atom stereocenters. The van der Waals surface area contributed by atoms with Crippen molar-refractivity contribution in [3.8, 4) is 22.5 Å². The third-order valence-electron chi connectivity index (χ3n) is 7.25. The Hall–Kier alpha value is -6.56. The zero-order valence-electron chi connectivity index (χ0n) is 23.6. The molecule has 218 valence electrons. The number of pyridine rings is 6. The molecule has 3 N–H and O–H groups in total. The van der Waals surface area contributed by atoms with Crippen LogP contribution in [-0.4, -0.2) is 64.0 Å². The van der Waals surface area contributed by atoms with E-state index in [2.05, 4.69) is 39.9 Å². The van der Waals surface area contributed by atoms with Crippen molar-refractivity contribution < 1.29 is 19.4 Å². The topological polar surface area (TPSA) is 173 Å². The van der Waals surface area contributed by atoms with E-state index in [-0.39, 0.29) is 5.56 Å². The maximum absolute atomic E-state index is 11.7. The van der Waals surface area contributed by atoms with Crippen LogP contribution in [0.5, 0.6) is 0 Å². The normalized spacial score (nSPS) is 11.0. The number of nitrogens with one attached hydrogen (secondary N) is 2. The van der Waals surface area contributed by atoms with Gasteiger partial charge in [0.15, 0.2) is 0 Å². The van der Waals surface area contributed by atoms with Gasteiger partial charge in [-0.2, -0.15) is 0 Å². The number of methoxy groups -OCH3 is 1. The van der Waals surface area contributed by atoms with Crippen molar-refractivity contribution in [1.29, 1.82) is 0 Å². The number of aromatic amines is 2. The van der Waals surface area contributed by atoms with Crippen LogP contribution in [0.4, 0.5) is 0 Å². The van der Waals surface area contributed by atoms with Gasteiger partial charge in [0.05, 0.1) is 53.1 Å². The number of H-pyrrole nitrogens is 2. The number of carbonyl (C=O) groups excluding carboxylic acids is 1. The number of carboxylic acid groups (broad SMARTS) is 1. The number of esters is 1. The van der Waals surface area contributed by atoms with Crippen LogP contribution in [0.15, 0.2) is 98.1 Å².